The van der Waals surface area contributed by atoms with E-state index in [4.69, 9.17) is 4.74 Å². The van der Waals surface area contributed by atoms with Gasteiger partial charge in [0.1, 0.15) is 5.75 Å². The average Bonchev–Trinajstić information content (AvgIpc) is 2.86. The fourth-order valence-corrected chi connectivity index (χ4v) is 1.88. The molecule has 0 aliphatic rings. The van der Waals surface area contributed by atoms with E-state index in [2.05, 4.69) is 10.5 Å². The standard InChI is InChI=1S/C16H19N3O2/c1-3-21-15-8-6-13(7-9-15)12-17-18-16(20)11-14-5-4-10-19(14)2/h4-10,12H,3,11H2,1-2H3,(H,18,20). The van der Waals surface area contributed by atoms with E-state index in [0.717, 1.165) is 17.0 Å². The first-order valence-electron chi connectivity index (χ1n) is 6.84. The molecule has 0 radical (unpaired) electrons. The van der Waals surface area contributed by atoms with Gasteiger partial charge < -0.3 is 9.30 Å². The zero-order valence-electron chi connectivity index (χ0n) is 12.2. The third kappa shape index (κ3) is 4.49. The van der Waals surface area contributed by atoms with Crippen molar-refractivity contribution < 1.29 is 9.53 Å². The molecule has 2 aromatic rings. The maximum absolute atomic E-state index is 11.7. The number of rotatable bonds is 6. The van der Waals surface area contributed by atoms with Crippen LogP contribution < -0.4 is 10.2 Å². The molecule has 5 heteroatoms. The number of carbonyl (C=O) groups excluding carboxylic acids is 1. The number of ether oxygens (including phenoxy) is 1. The van der Waals surface area contributed by atoms with E-state index in [1.807, 2.05) is 61.1 Å². The monoisotopic (exact) mass is 285 g/mol. The molecule has 0 bridgehead atoms. The highest BCUT2D eigenvalue weighted by Crippen LogP contribution is 2.10. The number of aryl methyl sites for hydroxylation is 1. The van der Waals surface area contributed by atoms with Crippen LogP contribution in [0.3, 0.4) is 0 Å². The molecule has 0 aliphatic heterocycles. The molecule has 0 saturated carbocycles. The summed E-state index contributed by atoms with van der Waals surface area (Å²) in [6, 6.07) is 11.3. The van der Waals surface area contributed by atoms with Crippen molar-refractivity contribution in [2.45, 2.75) is 13.3 Å². The lowest BCUT2D eigenvalue weighted by molar-refractivity contribution is -0.120. The lowest BCUT2D eigenvalue weighted by Crippen LogP contribution is -2.20. The lowest BCUT2D eigenvalue weighted by atomic mass is 10.2. The summed E-state index contributed by atoms with van der Waals surface area (Å²) < 4.78 is 7.27. The summed E-state index contributed by atoms with van der Waals surface area (Å²) >= 11 is 0. The van der Waals surface area contributed by atoms with E-state index >= 15 is 0 Å². The Bertz CT molecular complexity index is 615. The number of carbonyl (C=O) groups is 1. The first-order chi connectivity index (χ1) is 10.2. The first kappa shape index (κ1) is 14.8. The van der Waals surface area contributed by atoms with Crippen molar-refractivity contribution in [3.63, 3.8) is 0 Å². The molecule has 0 aliphatic carbocycles. The Hall–Kier alpha value is -2.56. The molecule has 5 nitrogen and oxygen atoms in total. The third-order valence-electron chi connectivity index (χ3n) is 2.99. The van der Waals surface area contributed by atoms with Crippen LogP contribution in [-0.2, 0) is 18.3 Å². The van der Waals surface area contributed by atoms with Gasteiger partial charge in [0.15, 0.2) is 0 Å². The number of nitrogens with one attached hydrogen (secondary N) is 1. The molecule has 2 rings (SSSR count). The minimum atomic E-state index is -0.140. The maximum atomic E-state index is 11.7. The van der Waals surface area contributed by atoms with Gasteiger partial charge in [-0.2, -0.15) is 5.10 Å². The second-order valence-electron chi connectivity index (χ2n) is 4.58. The molecule has 1 aromatic heterocycles. The van der Waals surface area contributed by atoms with E-state index < -0.39 is 0 Å². The van der Waals surface area contributed by atoms with Crippen molar-refractivity contribution in [2.24, 2.45) is 12.1 Å². The van der Waals surface area contributed by atoms with E-state index in [-0.39, 0.29) is 5.91 Å². The van der Waals surface area contributed by atoms with Crippen LogP contribution in [0, 0.1) is 0 Å². The van der Waals surface area contributed by atoms with Gasteiger partial charge in [0.2, 0.25) is 5.91 Å². The minimum Gasteiger partial charge on any atom is -0.494 e. The second kappa shape index (κ2) is 7.28. The highest BCUT2D eigenvalue weighted by Gasteiger charge is 2.04. The Kier molecular flexibility index (Phi) is 5.15. The molecule has 21 heavy (non-hydrogen) atoms. The number of hydrazone groups is 1. The maximum Gasteiger partial charge on any atom is 0.245 e. The number of nitrogens with zero attached hydrogens (tertiary/aromatic N) is 2. The molecule has 0 fully saturated rings. The number of aromatic nitrogens is 1. The summed E-state index contributed by atoms with van der Waals surface area (Å²) in [6.07, 6.45) is 3.83. The van der Waals surface area contributed by atoms with Crippen LogP contribution in [0.15, 0.2) is 47.7 Å². The molecule has 1 N–H and O–H groups in total. The van der Waals surface area contributed by atoms with Gasteiger partial charge in [-0.3, -0.25) is 4.79 Å². The van der Waals surface area contributed by atoms with Gasteiger partial charge in [-0.15, -0.1) is 0 Å². The van der Waals surface area contributed by atoms with Gasteiger partial charge in [0.25, 0.3) is 0 Å². The second-order valence-corrected chi connectivity index (χ2v) is 4.58. The Balaban J connectivity index is 1.84. The highest BCUT2D eigenvalue weighted by molar-refractivity contribution is 5.83. The lowest BCUT2D eigenvalue weighted by Gasteiger charge is -2.03. The van der Waals surface area contributed by atoms with Crippen molar-refractivity contribution >= 4 is 12.1 Å². The Morgan fingerprint density at radius 2 is 2.10 bits per heavy atom. The molecule has 1 amide bonds. The quantitative estimate of drug-likeness (QED) is 0.653. The topological polar surface area (TPSA) is 55.6 Å². The largest absolute Gasteiger partial charge is 0.494 e. The molecule has 0 atom stereocenters. The molecule has 1 aromatic carbocycles. The fraction of sp³-hybridized carbons (Fsp3) is 0.250. The summed E-state index contributed by atoms with van der Waals surface area (Å²) in [6.45, 7) is 2.58. The number of hydrogen-bond donors (Lipinski definition) is 1. The molecule has 1 heterocycles. The van der Waals surface area contributed by atoms with Crippen molar-refractivity contribution in [2.75, 3.05) is 6.61 Å². The van der Waals surface area contributed by atoms with Crippen molar-refractivity contribution in [3.05, 3.63) is 53.9 Å². The predicted molar refractivity (Wildman–Crippen MR) is 82.5 cm³/mol. The molecule has 0 saturated heterocycles. The van der Waals surface area contributed by atoms with Gasteiger partial charge in [-0.1, -0.05) is 0 Å². The Morgan fingerprint density at radius 1 is 1.33 bits per heavy atom. The van der Waals surface area contributed by atoms with Crippen LogP contribution in [0.5, 0.6) is 5.75 Å². The Morgan fingerprint density at radius 3 is 2.71 bits per heavy atom. The molecular formula is C16H19N3O2. The zero-order chi connectivity index (χ0) is 15.1. The van der Waals surface area contributed by atoms with Crippen molar-refractivity contribution in [1.29, 1.82) is 0 Å². The third-order valence-corrected chi connectivity index (χ3v) is 2.99. The number of amides is 1. The van der Waals surface area contributed by atoms with Gasteiger partial charge in [0, 0.05) is 18.9 Å². The van der Waals surface area contributed by atoms with E-state index in [9.17, 15) is 4.79 Å². The van der Waals surface area contributed by atoms with Crippen molar-refractivity contribution in [1.82, 2.24) is 9.99 Å². The van der Waals surface area contributed by atoms with Crippen LogP contribution in [0.4, 0.5) is 0 Å². The molecule has 0 unspecified atom stereocenters. The average molecular weight is 285 g/mol. The molecule has 110 valence electrons. The van der Waals surface area contributed by atoms with Gasteiger partial charge in [-0.25, -0.2) is 5.43 Å². The Labute approximate surface area is 124 Å². The zero-order valence-corrected chi connectivity index (χ0v) is 12.2. The summed E-state index contributed by atoms with van der Waals surface area (Å²) in [5.41, 5.74) is 4.37. The van der Waals surface area contributed by atoms with Crippen LogP contribution in [0.25, 0.3) is 0 Å². The summed E-state index contributed by atoms with van der Waals surface area (Å²) in [4.78, 5) is 11.7. The summed E-state index contributed by atoms with van der Waals surface area (Å²) in [7, 11) is 1.91. The normalized spacial score (nSPS) is 10.8. The van der Waals surface area contributed by atoms with Gasteiger partial charge in [-0.05, 0) is 48.9 Å². The smallest absolute Gasteiger partial charge is 0.245 e. The number of hydrogen-bond acceptors (Lipinski definition) is 3. The SMILES string of the molecule is CCOc1ccc(C=NNC(=O)Cc2cccn2C)cc1. The highest BCUT2D eigenvalue weighted by atomic mass is 16.5. The molecule has 0 spiro atoms. The van der Waals surface area contributed by atoms with Crippen LogP contribution in [-0.4, -0.2) is 23.3 Å². The number of benzene rings is 1. The van der Waals surface area contributed by atoms with Crippen molar-refractivity contribution in [3.8, 4) is 5.75 Å². The van der Waals surface area contributed by atoms with E-state index in [1.165, 1.54) is 0 Å². The van der Waals surface area contributed by atoms with E-state index in [0.29, 0.717) is 13.0 Å². The minimum absolute atomic E-state index is 0.140. The summed E-state index contributed by atoms with van der Waals surface area (Å²) in [5.74, 6) is 0.682. The molecular weight excluding hydrogens is 266 g/mol. The predicted octanol–water partition coefficient (Wildman–Crippen LogP) is 2.12. The van der Waals surface area contributed by atoms with E-state index in [1.54, 1.807) is 6.21 Å². The van der Waals surface area contributed by atoms with Crippen LogP contribution >= 0.6 is 0 Å². The van der Waals surface area contributed by atoms with Gasteiger partial charge in [0.05, 0.1) is 19.2 Å². The van der Waals surface area contributed by atoms with Gasteiger partial charge >= 0.3 is 0 Å². The summed E-state index contributed by atoms with van der Waals surface area (Å²) in [5, 5.41) is 3.95. The van der Waals surface area contributed by atoms with Crippen LogP contribution in [0.2, 0.25) is 0 Å². The fourth-order valence-electron chi connectivity index (χ4n) is 1.88. The van der Waals surface area contributed by atoms with Crippen LogP contribution in [0.1, 0.15) is 18.2 Å². The first-order valence-corrected chi connectivity index (χ1v) is 6.84.